The van der Waals surface area contributed by atoms with Crippen LogP contribution in [0.25, 0.3) is 53.8 Å². The molecule has 0 aliphatic heterocycles. The summed E-state index contributed by atoms with van der Waals surface area (Å²) in [6.45, 7) is 2.91. The van der Waals surface area contributed by atoms with Crippen LogP contribution >= 0.6 is 11.3 Å². The molecule has 0 amide bonds. The number of benzene rings is 4. The molecular weight excluding hydrogens is 685 g/mol. The quantitative estimate of drug-likeness (QED) is 0.131. The maximum atomic E-state index is 9.16. The van der Waals surface area contributed by atoms with Gasteiger partial charge in [-0.05, 0) is 74.6 Å². The zero-order valence-corrected chi connectivity index (χ0v) is 25.6. The minimum atomic E-state index is -2.50. The predicted octanol–water partition coefficient (Wildman–Crippen LogP) is 10.00. The number of aromatic nitrogens is 2. The van der Waals surface area contributed by atoms with Crippen molar-refractivity contribution in [3.05, 3.63) is 120 Å². The minimum absolute atomic E-state index is 0. The number of pyridine rings is 2. The van der Waals surface area contributed by atoms with Gasteiger partial charge in [-0.25, -0.2) is 0 Å². The van der Waals surface area contributed by atoms with Crippen LogP contribution in [0.5, 0.6) is 0 Å². The molecule has 0 spiro atoms. The number of fused-ring (bicyclic) bond motifs is 8. The Morgan fingerprint density at radius 3 is 2.48 bits per heavy atom. The van der Waals surface area contributed by atoms with E-state index in [4.69, 9.17) is 6.85 Å². The van der Waals surface area contributed by atoms with Gasteiger partial charge in [0.15, 0.2) is 0 Å². The van der Waals surface area contributed by atoms with Gasteiger partial charge in [0, 0.05) is 44.1 Å². The molecule has 7 rings (SSSR count). The summed E-state index contributed by atoms with van der Waals surface area (Å²) in [5.74, 6) is 0. The summed E-state index contributed by atoms with van der Waals surface area (Å²) in [6.07, 6.45) is 1.21. The van der Waals surface area contributed by atoms with Crippen LogP contribution in [0, 0.1) is 24.4 Å². The second kappa shape index (κ2) is 11.6. The van der Waals surface area contributed by atoms with E-state index in [1.807, 2.05) is 78.2 Å². The van der Waals surface area contributed by atoms with E-state index < -0.39 is 18.6 Å². The standard InChI is InChI=1S/C25H22NS.C11H8N.Ir/c1-15-14-26-23-19-8-6-5-7-17(19)18-10-9-16-11-12-27-24(16)22(18)21(23)20(15)13-25(2,3)4;1-2-6-10(7-3-1)11-8-4-5-9-12-11;/h5-7,9-12,14H,13H2,1-4H3;1-6,8-9H;/q2*-1;/i1D3,13D2;;. The van der Waals surface area contributed by atoms with Crippen molar-refractivity contribution >= 4 is 53.9 Å². The Morgan fingerprint density at radius 2 is 1.73 bits per heavy atom. The van der Waals surface area contributed by atoms with Crippen LogP contribution in [-0.2, 0) is 26.5 Å². The van der Waals surface area contributed by atoms with Gasteiger partial charge in [-0.1, -0.05) is 55.8 Å². The molecule has 4 aromatic carbocycles. The third-order valence-electron chi connectivity index (χ3n) is 6.48. The molecule has 0 unspecified atom stereocenters. The molecule has 0 aliphatic rings. The van der Waals surface area contributed by atoms with Gasteiger partial charge in [-0.3, -0.25) is 0 Å². The first-order chi connectivity index (χ1) is 20.9. The summed E-state index contributed by atoms with van der Waals surface area (Å²) < 4.78 is 43.9. The zero-order valence-electron chi connectivity index (χ0n) is 27.4. The van der Waals surface area contributed by atoms with Crippen molar-refractivity contribution in [3.8, 4) is 11.3 Å². The molecule has 0 atom stereocenters. The van der Waals surface area contributed by atoms with Crippen LogP contribution in [0.3, 0.4) is 0 Å². The molecule has 0 bridgehead atoms. The molecule has 0 saturated heterocycles. The first-order valence-electron chi connectivity index (χ1n) is 15.3. The summed E-state index contributed by atoms with van der Waals surface area (Å²) in [6, 6.07) is 32.0. The summed E-state index contributed by atoms with van der Waals surface area (Å²) in [5.41, 5.74) is 1.93. The van der Waals surface area contributed by atoms with Gasteiger partial charge in [-0.15, -0.1) is 76.9 Å². The van der Waals surface area contributed by atoms with E-state index >= 15 is 0 Å². The van der Waals surface area contributed by atoms with Crippen LogP contribution in [0.15, 0.2) is 96.6 Å². The van der Waals surface area contributed by atoms with Crippen LogP contribution < -0.4 is 0 Å². The van der Waals surface area contributed by atoms with Crippen LogP contribution in [0.1, 0.15) is 38.8 Å². The average molecular weight is 720 g/mol. The van der Waals surface area contributed by atoms with Crippen LogP contribution in [0.2, 0.25) is 0 Å². The summed E-state index contributed by atoms with van der Waals surface area (Å²) in [4.78, 5) is 8.84. The van der Waals surface area contributed by atoms with Gasteiger partial charge in [0.25, 0.3) is 0 Å². The van der Waals surface area contributed by atoms with Gasteiger partial charge < -0.3 is 9.97 Å². The first-order valence-corrected chi connectivity index (χ1v) is 13.7. The number of aryl methyl sites for hydroxylation is 1. The molecule has 7 aromatic rings. The molecule has 0 fully saturated rings. The normalized spacial score (nSPS) is 13.9. The third kappa shape index (κ3) is 5.45. The molecule has 0 saturated carbocycles. The van der Waals surface area contributed by atoms with E-state index in [0.29, 0.717) is 10.9 Å². The topological polar surface area (TPSA) is 25.8 Å². The number of rotatable bonds is 2. The number of nitrogens with zero attached hydrogens (tertiary/aromatic N) is 2. The Balaban J connectivity index is 0.000000258. The van der Waals surface area contributed by atoms with Crippen molar-refractivity contribution < 1.29 is 27.0 Å². The van der Waals surface area contributed by atoms with Crippen molar-refractivity contribution in [2.45, 2.75) is 34.0 Å². The molecule has 201 valence electrons. The third-order valence-corrected chi connectivity index (χ3v) is 7.43. The first kappa shape index (κ1) is 22.3. The van der Waals surface area contributed by atoms with Crippen molar-refractivity contribution in [1.82, 2.24) is 9.97 Å². The largest absolute Gasteiger partial charge is 0.305 e. The smallest absolute Gasteiger partial charge is 0.0412 e. The van der Waals surface area contributed by atoms with Crippen molar-refractivity contribution in [2.75, 3.05) is 0 Å². The van der Waals surface area contributed by atoms with E-state index in [1.165, 1.54) is 6.20 Å². The molecule has 40 heavy (non-hydrogen) atoms. The van der Waals surface area contributed by atoms with E-state index in [0.717, 1.165) is 42.9 Å². The van der Waals surface area contributed by atoms with Crippen molar-refractivity contribution in [2.24, 2.45) is 5.41 Å². The van der Waals surface area contributed by atoms with E-state index in [-0.39, 0.29) is 31.2 Å². The van der Waals surface area contributed by atoms with E-state index in [1.54, 1.807) is 38.3 Å². The van der Waals surface area contributed by atoms with Crippen molar-refractivity contribution in [3.63, 3.8) is 0 Å². The fraction of sp³-hybridized carbons (Fsp3) is 0.167. The Bertz CT molecular complexity index is 2080. The predicted molar refractivity (Wildman–Crippen MR) is 167 cm³/mol. The fourth-order valence-electron chi connectivity index (χ4n) is 4.89. The van der Waals surface area contributed by atoms with Gasteiger partial charge in [0.05, 0.1) is 0 Å². The number of hydrogen-bond donors (Lipinski definition) is 0. The Hall–Kier alpha value is -3.43. The van der Waals surface area contributed by atoms with E-state index in [2.05, 4.69) is 28.2 Å². The Morgan fingerprint density at radius 1 is 0.875 bits per heavy atom. The van der Waals surface area contributed by atoms with Gasteiger partial charge >= 0.3 is 0 Å². The fourth-order valence-corrected chi connectivity index (χ4v) is 5.84. The molecule has 2 nitrogen and oxygen atoms in total. The number of thiophene rings is 1. The maximum absolute atomic E-state index is 9.16. The van der Waals surface area contributed by atoms with Gasteiger partial charge in [0.1, 0.15) is 0 Å². The minimum Gasteiger partial charge on any atom is -0.305 e. The molecule has 0 N–H and O–H groups in total. The maximum Gasteiger partial charge on any atom is 0.0412 e. The summed E-state index contributed by atoms with van der Waals surface area (Å²) >= 11 is 1.58. The molecule has 4 heteroatoms. The summed E-state index contributed by atoms with van der Waals surface area (Å²) in [7, 11) is 0. The van der Waals surface area contributed by atoms with Crippen LogP contribution in [-0.4, -0.2) is 9.97 Å². The molecule has 1 radical (unpaired) electrons. The van der Waals surface area contributed by atoms with Crippen molar-refractivity contribution in [1.29, 1.82) is 0 Å². The average Bonchev–Trinajstić information content (AvgIpc) is 3.50. The second-order valence-electron chi connectivity index (χ2n) is 10.4. The molecule has 0 aliphatic carbocycles. The zero-order chi connectivity index (χ0) is 31.3. The Labute approximate surface area is 260 Å². The second-order valence-corrected chi connectivity index (χ2v) is 11.3. The SMILES string of the molecule is [2H]C([2H])([2H])c1cnc2c3[c-]cccc3c3ccc4ccsc4c3c2c1C([2H])([2H])C(C)(C)C.[Ir].[c-]1ccccc1-c1ccccn1. The van der Waals surface area contributed by atoms with Crippen LogP contribution in [0.4, 0.5) is 0 Å². The molecular formula is C36H30IrN2S-2. The monoisotopic (exact) mass is 720 g/mol. The summed E-state index contributed by atoms with van der Waals surface area (Å²) in [5, 5.41) is 7.20. The molecule has 3 aromatic heterocycles. The Kier molecular flexibility index (Phi) is 6.45. The molecule has 3 heterocycles. The van der Waals surface area contributed by atoms with Gasteiger partial charge in [0.2, 0.25) is 0 Å². The van der Waals surface area contributed by atoms with Gasteiger partial charge in [-0.2, -0.15) is 0 Å². The number of hydrogen-bond acceptors (Lipinski definition) is 3. The van der Waals surface area contributed by atoms with E-state index in [9.17, 15) is 0 Å².